The maximum Gasteiger partial charge on any atom is 0.421 e. The smallest absolute Gasteiger partial charge is 0.339 e. The zero-order valence-electron chi connectivity index (χ0n) is 13.5. The van der Waals surface area contributed by atoms with Gasteiger partial charge in [0.05, 0.1) is 17.3 Å². The van der Waals surface area contributed by atoms with E-state index in [1.165, 1.54) is 0 Å². The van der Waals surface area contributed by atoms with Crippen LogP contribution < -0.4 is 10.6 Å². The molecule has 0 aliphatic heterocycles. The Morgan fingerprint density at radius 2 is 1.70 bits per heavy atom. The van der Waals surface area contributed by atoms with Crippen molar-refractivity contribution in [2.45, 2.75) is 6.18 Å². The molecule has 3 aromatic rings. The second-order valence-electron chi connectivity index (χ2n) is 5.37. The van der Waals surface area contributed by atoms with Crippen molar-refractivity contribution in [3.05, 3.63) is 69.4 Å². The van der Waals surface area contributed by atoms with Gasteiger partial charge in [-0.2, -0.15) is 23.4 Å². The number of nitrogens with one attached hydrogen (secondary N) is 2. The summed E-state index contributed by atoms with van der Waals surface area (Å²) >= 11 is 2.02. The summed E-state index contributed by atoms with van der Waals surface area (Å²) in [5.41, 5.74) is 0.558. The summed E-state index contributed by atoms with van der Waals surface area (Å²) in [6.45, 7) is 0. The minimum atomic E-state index is -4.60. The molecule has 0 saturated carbocycles. The maximum atomic E-state index is 13.3. The topological polar surface area (TPSA) is 73.6 Å². The quantitative estimate of drug-likeness (QED) is 0.485. The minimum Gasteiger partial charge on any atom is -0.339 e. The molecule has 2 N–H and O–H groups in total. The molecule has 0 amide bonds. The Kier molecular flexibility index (Phi) is 5.46. The largest absolute Gasteiger partial charge is 0.421 e. The van der Waals surface area contributed by atoms with Gasteiger partial charge in [0.2, 0.25) is 5.95 Å². The van der Waals surface area contributed by atoms with Crippen LogP contribution in [0.5, 0.6) is 0 Å². The molecule has 136 valence electrons. The molecule has 1 aromatic heterocycles. The molecule has 0 spiro atoms. The van der Waals surface area contributed by atoms with E-state index in [9.17, 15) is 13.2 Å². The normalized spacial score (nSPS) is 10.9. The highest BCUT2D eigenvalue weighted by atomic mass is 127. The molecule has 0 aliphatic rings. The Balaban J connectivity index is 1.95. The second-order valence-corrected chi connectivity index (χ2v) is 6.53. The van der Waals surface area contributed by atoms with E-state index in [0.29, 0.717) is 16.9 Å². The number of rotatable bonds is 4. The number of para-hydroxylation sites is 1. The molecule has 0 saturated heterocycles. The van der Waals surface area contributed by atoms with Crippen molar-refractivity contribution in [3.8, 4) is 6.07 Å². The molecule has 3 rings (SSSR count). The summed E-state index contributed by atoms with van der Waals surface area (Å²) in [5.74, 6) is -0.348. The molecular formula is C18H11F3IN5. The number of hydrogen-bond donors (Lipinski definition) is 2. The summed E-state index contributed by atoms with van der Waals surface area (Å²) in [5, 5.41) is 14.4. The molecule has 0 atom stereocenters. The Labute approximate surface area is 166 Å². The Morgan fingerprint density at radius 3 is 2.33 bits per heavy atom. The van der Waals surface area contributed by atoms with Gasteiger partial charge in [-0.1, -0.05) is 12.1 Å². The minimum absolute atomic E-state index is 0.00106. The van der Waals surface area contributed by atoms with Gasteiger partial charge >= 0.3 is 6.18 Å². The van der Waals surface area contributed by atoms with Crippen LogP contribution in [0.15, 0.2) is 54.7 Å². The second kappa shape index (κ2) is 7.79. The van der Waals surface area contributed by atoms with Crippen molar-refractivity contribution in [2.24, 2.45) is 0 Å². The third-order valence-electron chi connectivity index (χ3n) is 3.49. The van der Waals surface area contributed by atoms with Gasteiger partial charge in [-0.3, -0.25) is 0 Å². The first-order valence-corrected chi connectivity index (χ1v) is 8.67. The summed E-state index contributed by atoms with van der Waals surface area (Å²) in [4.78, 5) is 7.75. The summed E-state index contributed by atoms with van der Waals surface area (Å²) in [6.07, 6.45) is -3.87. The fourth-order valence-corrected chi connectivity index (χ4v) is 2.71. The average molecular weight is 481 g/mol. The highest BCUT2D eigenvalue weighted by Gasteiger charge is 2.35. The van der Waals surface area contributed by atoms with Crippen molar-refractivity contribution in [2.75, 3.05) is 10.6 Å². The predicted octanol–water partition coefficient (Wildman–Crippen LogP) is 5.46. The number of aromatic nitrogens is 2. The van der Waals surface area contributed by atoms with Crippen molar-refractivity contribution >= 4 is 45.7 Å². The fraction of sp³-hybridized carbons (Fsp3) is 0.0556. The van der Waals surface area contributed by atoms with Gasteiger partial charge < -0.3 is 10.6 Å². The molecule has 1 heterocycles. The molecular weight excluding hydrogens is 470 g/mol. The van der Waals surface area contributed by atoms with Gasteiger partial charge in [-0.05, 0) is 59.0 Å². The summed E-state index contributed by atoms with van der Waals surface area (Å²) in [7, 11) is 0. The van der Waals surface area contributed by atoms with Crippen LogP contribution in [0.3, 0.4) is 0 Å². The molecule has 0 bridgehead atoms. The van der Waals surface area contributed by atoms with E-state index in [1.807, 2.05) is 28.7 Å². The number of nitriles is 1. The molecule has 0 radical (unpaired) electrons. The zero-order valence-corrected chi connectivity index (χ0v) is 15.7. The lowest BCUT2D eigenvalue weighted by Gasteiger charge is -2.15. The highest BCUT2D eigenvalue weighted by molar-refractivity contribution is 14.1. The molecule has 0 aliphatic carbocycles. The van der Waals surface area contributed by atoms with Crippen LogP contribution in [0.25, 0.3) is 0 Å². The van der Waals surface area contributed by atoms with Gasteiger partial charge in [0.1, 0.15) is 11.4 Å². The van der Waals surface area contributed by atoms with Crippen molar-refractivity contribution < 1.29 is 13.2 Å². The van der Waals surface area contributed by atoms with Crippen LogP contribution in [0.4, 0.5) is 36.3 Å². The van der Waals surface area contributed by atoms with Crippen molar-refractivity contribution in [1.29, 1.82) is 5.26 Å². The SMILES string of the molecule is N#Cc1ccc(Nc2ncc(C(F)(F)F)c(Nc3ccccc3I)n2)cc1. The highest BCUT2D eigenvalue weighted by Crippen LogP contribution is 2.36. The molecule has 5 nitrogen and oxygen atoms in total. The van der Waals surface area contributed by atoms with Crippen LogP contribution in [-0.2, 0) is 6.18 Å². The lowest BCUT2D eigenvalue weighted by Crippen LogP contribution is -2.13. The first-order valence-electron chi connectivity index (χ1n) is 7.60. The molecule has 0 fully saturated rings. The van der Waals surface area contributed by atoms with Gasteiger partial charge in [-0.15, -0.1) is 0 Å². The van der Waals surface area contributed by atoms with E-state index in [2.05, 4.69) is 20.6 Å². The Bertz CT molecular complexity index is 997. The van der Waals surface area contributed by atoms with Gasteiger partial charge in [0.25, 0.3) is 0 Å². The summed E-state index contributed by atoms with van der Waals surface area (Å²) in [6, 6.07) is 15.3. The lowest BCUT2D eigenvalue weighted by molar-refractivity contribution is -0.137. The number of halogens is 4. The van der Waals surface area contributed by atoms with E-state index in [4.69, 9.17) is 5.26 Å². The Hall–Kier alpha value is -2.87. The van der Waals surface area contributed by atoms with E-state index < -0.39 is 11.7 Å². The molecule has 27 heavy (non-hydrogen) atoms. The van der Waals surface area contributed by atoms with Crippen LogP contribution in [0, 0.1) is 14.9 Å². The van der Waals surface area contributed by atoms with Crippen molar-refractivity contribution in [3.63, 3.8) is 0 Å². The van der Waals surface area contributed by atoms with E-state index in [0.717, 1.165) is 9.77 Å². The van der Waals surface area contributed by atoms with Crippen LogP contribution in [0.1, 0.15) is 11.1 Å². The number of benzene rings is 2. The molecule has 2 aromatic carbocycles. The fourth-order valence-electron chi connectivity index (χ4n) is 2.19. The molecule has 9 heteroatoms. The lowest BCUT2D eigenvalue weighted by atomic mass is 10.2. The van der Waals surface area contributed by atoms with Gasteiger partial charge in [0, 0.05) is 15.5 Å². The first kappa shape index (κ1) is 18.9. The first-order chi connectivity index (χ1) is 12.9. The third-order valence-corrected chi connectivity index (χ3v) is 4.43. The summed E-state index contributed by atoms with van der Waals surface area (Å²) < 4.78 is 40.7. The van der Waals surface area contributed by atoms with E-state index in [-0.39, 0.29) is 11.8 Å². The van der Waals surface area contributed by atoms with Crippen LogP contribution in [0.2, 0.25) is 0 Å². The monoisotopic (exact) mass is 481 g/mol. The standard InChI is InChI=1S/C18H11F3IN5/c19-18(20,21)13-10-24-17(25-12-7-5-11(9-23)6-8-12)27-16(13)26-15-4-2-1-3-14(15)22/h1-8,10H,(H2,24,25,26,27). The van der Waals surface area contributed by atoms with Crippen LogP contribution >= 0.6 is 22.6 Å². The predicted molar refractivity (Wildman–Crippen MR) is 104 cm³/mol. The van der Waals surface area contributed by atoms with Crippen molar-refractivity contribution in [1.82, 2.24) is 9.97 Å². The number of alkyl halides is 3. The van der Waals surface area contributed by atoms with Gasteiger partial charge in [-0.25, -0.2) is 4.98 Å². The molecule has 0 unspecified atom stereocenters. The number of hydrogen-bond acceptors (Lipinski definition) is 5. The Morgan fingerprint density at radius 1 is 1.00 bits per heavy atom. The van der Waals surface area contributed by atoms with E-state index in [1.54, 1.807) is 48.5 Å². The number of anilines is 4. The maximum absolute atomic E-state index is 13.3. The third kappa shape index (κ3) is 4.65. The van der Waals surface area contributed by atoms with Crippen LogP contribution in [-0.4, -0.2) is 9.97 Å². The number of nitrogens with zero attached hydrogens (tertiary/aromatic N) is 3. The van der Waals surface area contributed by atoms with E-state index >= 15 is 0 Å². The average Bonchev–Trinajstić information content (AvgIpc) is 2.63. The van der Waals surface area contributed by atoms with Gasteiger partial charge in [0.15, 0.2) is 0 Å². The zero-order chi connectivity index (χ0) is 19.4.